The molecule has 1 amide bonds. The summed E-state index contributed by atoms with van der Waals surface area (Å²) >= 11 is 0. The number of rotatable bonds is 6. The van der Waals surface area contributed by atoms with Crippen LogP contribution in [0.2, 0.25) is 0 Å². The minimum absolute atomic E-state index is 0.0406. The van der Waals surface area contributed by atoms with Gasteiger partial charge < -0.3 is 10.1 Å². The number of amides is 1. The van der Waals surface area contributed by atoms with Crippen molar-refractivity contribution in [3.8, 4) is 5.69 Å². The van der Waals surface area contributed by atoms with Crippen molar-refractivity contribution in [3.05, 3.63) is 92.3 Å². The zero-order chi connectivity index (χ0) is 21.8. The van der Waals surface area contributed by atoms with Crippen LogP contribution < -0.4 is 16.6 Å². The Morgan fingerprint density at radius 2 is 1.87 bits per heavy atom. The monoisotopic (exact) mass is 420 g/mol. The molecular formula is C23H24N4O4. The standard InChI is InChI=1S/C23H24N4O4/c1-16-9-11-18(12-10-16)27-23(30)26(15-17-6-3-2-4-7-17)22(29)20(25-27)21(28)24-14-19-8-5-13-31-19/h2-4,6-7,9-12,19H,5,8,13-15H2,1H3,(H,24,28)/t19-/m0/s1. The molecule has 2 heterocycles. The van der Waals surface area contributed by atoms with E-state index < -0.39 is 17.2 Å². The molecular weight excluding hydrogens is 396 g/mol. The summed E-state index contributed by atoms with van der Waals surface area (Å²) in [4.78, 5) is 39.0. The summed E-state index contributed by atoms with van der Waals surface area (Å²) in [5, 5.41) is 6.86. The van der Waals surface area contributed by atoms with Gasteiger partial charge in [0.2, 0.25) is 5.69 Å². The first-order chi connectivity index (χ1) is 15.0. The number of hydrogen-bond acceptors (Lipinski definition) is 5. The van der Waals surface area contributed by atoms with E-state index in [0.717, 1.165) is 33.2 Å². The number of benzene rings is 2. The number of ether oxygens (including phenoxy) is 1. The third kappa shape index (κ3) is 4.64. The van der Waals surface area contributed by atoms with Crippen LogP contribution >= 0.6 is 0 Å². The Labute approximate surface area is 179 Å². The second-order valence-corrected chi connectivity index (χ2v) is 7.60. The number of carbonyl (C=O) groups excluding carboxylic acids is 1. The number of nitrogens with zero attached hydrogens (tertiary/aromatic N) is 3. The van der Waals surface area contributed by atoms with Crippen molar-refractivity contribution in [1.82, 2.24) is 19.7 Å². The zero-order valence-corrected chi connectivity index (χ0v) is 17.3. The molecule has 0 aliphatic carbocycles. The molecule has 0 bridgehead atoms. The van der Waals surface area contributed by atoms with Crippen LogP contribution in [0, 0.1) is 6.92 Å². The molecule has 3 aromatic rings. The number of carbonyl (C=O) groups is 1. The van der Waals surface area contributed by atoms with E-state index in [4.69, 9.17) is 4.74 Å². The highest BCUT2D eigenvalue weighted by Crippen LogP contribution is 2.11. The first kappa shape index (κ1) is 20.7. The lowest BCUT2D eigenvalue weighted by Crippen LogP contribution is -2.46. The lowest BCUT2D eigenvalue weighted by molar-refractivity contribution is 0.0849. The SMILES string of the molecule is Cc1ccc(-n2nc(C(=O)NC[C@@H]3CCCO3)c(=O)n(Cc3ccccc3)c2=O)cc1. The van der Waals surface area contributed by atoms with E-state index in [0.29, 0.717) is 18.8 Å². The number of aromatic nitrogens is 3. The van der Waals surface area contributed by atoms with Crippen molar-refractivity contribution >= 4 is 5.91 Å². The Bertz CT molecular complexity index is 1180. The second kappa shape index (κ2) is 9.09. The van der Waals surface area contributed by atoms with E-state index in [-0.39, 0.29) is 18.3 Å². The Kier molecular flexibility index (Phi) is 6.08. The fourth-order valence-corrected chi connectivity index (χ4v) is 3.51. The first-order valence-electron chi connectivity index (χ1n) is 10.3. The molecule has 1 aliphatic heterocycles. The van der Waals surface area contributed by atoms with Crippen molar-refractivity contribution in [2.75, 3.05) is 13.2 Å². The maximum Gasteiger partial charge on any atom is 0.352 e. The number of aryl methyl sites for hydroxylation is 1. The van der Waals surface area contributed by atoms with Gasteiger partial charge in [-0.1, -0.05) is 48.0 Å². The Hall–Kier alpha value is -3.52. The predicted octanol–water partition coefficient (Wildman–Crippen LogP) is 1.66. The highest BCUT2D eigenvalue weighted by molar-refractivity contribution is 5.91. The molecule has 1 atom stereocenters. The van der Waals surface area contributed by atoms with Gasteiger partial charge in [-0.05, 0) is 37.5 Å². The first-order valence-corrected chi connectivity index (χ1v) is 10.3. The number of hydrogen-bond donors (Lipinski definition) is 1. The van der Waals surface area contributed by atoms with Gasteiger partial charge in [-0.2, -0.15) is 9.78 Å². The molecule has 0 spiro atoms. The molecule has 2 aromatic carbocycles. The summed E-state index contributed by atoms with van der Waals surface area (Å²) in [6.07, 6.45) is 1.73. The third-order valence-electron chi connectivity index (χ3n) is 5.25. The molecule has 4 rings (SSSR count). The summed E-state index contributed by atoms with van der Waals surface area (Å²) in [6, 6.07) is 16.3. The maximum atomic E-state index is 13.1. The maximum absolute atomic E-state index is 13.1. The Morgan fingerprint density at radius 1 is 1.13 bits per heavy atom. The summed E-state index contributed by atoms with van der Waals surface area (Å²) in [6.45, 7) is 2.93. The predicted molar refractivity (Wildman–Crippen MR) is 116 cm³/mol. The van der Waals surface area contributed by atoms with Gasteiger partial charge in [0.05, 0.1) is 18.3 Å². The van der Waals surface area contributed by atoms with E-state index in [1.54, 1.807) is 12.1 Å². The van der Waals surface area contributed by atoms with Crippen molar-refractivity contribution in [2.45, 2.75) is 32.4 Å². The molecule has 1 fully saturated rings. The summed E-state index contributed by atoms with van der Waals surface area (Å²) in [5.74, 6) is -0.622. The summed E-state index contributed by atoms with van der Waals surface area (Å²) in [7, 11) is 0. The van der Waals surface area contributed by atoms with Gasteiger partial charge in [0.1, 0.15) is 0 Å². The van der Waals surface area contributed by atoms with Crippen LogP contribution in [0.25, 0.3) is 5.69 Å². The molecule has 1 aliphatic rings. The van der Waals surface area contributed by atoms with Gasteiger partial charge in [0.15, 0.2) is 0 Å². The molecule has 1 N–H and O–H groups in total. The fourth-order valence-electron chi connectivity index (χ4n) is 3.51. The topological polar surface area (TPSA) is 95.2 Å². The van der Waals surface area contributed by atoms with Crippen LogP contribution in [0.1, 0.15) is 34.5 Å². The average Bonchev–Trinajstić information content (AvgIpc) is 3.30. The zero-order valence-electron chi connectivity index (χ0n) is 17.3. The quantitative estimate of drug-likeness (QED) is 0.654. The van der Waals surface area contributed by atoms with E-state index in [1.807, 2.05) is 49.4 Å². The highest BCUT2D eigenvalue weighted by Gasteiger charge is 2.22. The lowest BCUT2D eigenvalue weighted by atomic mass is 10.2. The van der Waals surface area contributed by atoms with E-state index >= 15 is 0 Å². The lowest BCUT2D eigenvalue weighted by Gasteiger charge is -2.14. The molecule has 1 aromatic heterocycles. The molecule has 160 valence electrons. The smallest absolute Gasteiger partial charge is 0.352 e. The largest absolute Gasteiger partial charge is 0.376 e. The third-order valence-corrected chi connectivity index (χ3v) is 5.25. The van der Waals surface area contributed by atoms with Crippen molar-refractivity contribution in [2.24, 2.45) is 0 Å². The number of nitrogens with one attached hydrogen (secondary N) is 1. The van der Waals surface area contributed by atoms with Gasteiger partial charge in [-0.25, -0.2) is 4.79 Å². The summed E-state index contributed by atoms with van der Waals surface area (Å²) in [5.41, 5.74) is 0.619. The molecule has 1 saturated heterocycles. The van der Waals surface area contributed by atoms with Gasteiger partial charge in [-0.3, -0.25) is 14.2 Å². The minimum Gasteiger partial charge on any atom is -0.376 e. The fraction of sp³-hybridized carbons (Fsp3) is 0.304. The highest BCUT2D eigenvalue weighted by atomic mass is 16.5. The Balaban J connectivity index is 1.75. The second-order valence-electron chi connectivity index (χ2n) is 7.60. The van der Waals surface area contributed by atoms with Crippen LogP contribution in [-0.4, -0.2) is 39.5 Å². The molecule has 8 heteroatoms. The van der Waals surface area contributed by atoms with Crippen molar-refractivity contribution < 1.29 is 9.53 Å². The normalized spacial score (nSPS) is 15.7. The van der Waals surface area contributed by atoms with Crippen LogP contribution in [-0.2, 0) is 11.3 Å². The van der Waals surface area contributed by atoms with Crippen LogP contribution in [0.15, 0.2) is 64.2 Å². The van der Waals surface area contributed by atoms with Gasteiger partial charge in [-0.15, -0.1) is 0 Å². The van der Waals surface area contributed by atoms with Crippen molar-refractivity contribution in [1.29, 1.82) is 0 Å². The molecule has 0 saturated carbocycles. The van der Waals surface area contributed by atoms with E-state index in [1.165, 1.54) is 0 Å². The van der Waals surface area contributed by atoms with Crippen molar-refractivity contribution in [3.63, 3.8) is 0 Å². The minimum atomic E-state index is -0.720. The van der Waals surface area contributed by atoms with Gasteiger partial charge in [0, 0.05) is 13.2 Å². The summed E-state index contributed by atoms with van der Waals surface area (Å²) < 4.78 is 7.67. The Morgan fingerprint density at radius 3 is 2.55 bits per heavy atom. The average molecular weight is 420 g/mol. The van der Waals surface area contributed by atoms with Crippen LogP contribution in [0.3, 0.4) is 0 Å². The van der Waals surface area contributed by atoms with Crippen LogP contribution in [0.5, 0.6) is 0 Å². The van der Waals surface area contributed by atoms with E-state index in [2.05, 4.69) is 10.4 Å². The van der Waals surface area contributed by atoms with Gasteiger partial charge >= 0.3 is 5.69 Å². The molecule has 0 unspecified atom stereocenters. The van der Waals surface area contributed by atoms with Gasteiger partial charge in [0.25, 0.3) is 11.5 Å². The van der Waals surface area contributed by atoms with E-state index in [9.17, 15) is 14.4 Å². The molecule has 8 nitrogen and oxygen atoms in total. The molecule has 0 radical (unpaired) electrons. The van der Waals surface area contributed by atoms with Crippen LogP contribution in [0.4, 0.5) is 0 Å². The molecule has 31 heavy (non-hydrogen) atoms.